The zero-order valence-electron chi connectivity index (χ0n) is 10.1. The first-order valence-electron chi connectivity index (χ1n) is 5.06. The molecule has 4 heteroatoms. The van der Waals surface area contributed by atoms with Crippen LogP contribution >= 0.6 is 0 Å². The minimum Gasteiger partial charge on any atom is -0.394 e. The lowest BCUT2D eigenvalue weighted by Gasteiger charge is -2.42. The Hall–Kier alpha value is 0.0969. The van der Waals surface area contributed by atoms with Crippen LogP contribution in [-0.2, 0) is 0 Å². The first kappa shape index (κ1) is 14.1. The molecule has 0 amide bonds. The predicted molar refractivity (Wildman–Crippen MR) is 60.9 cm³/mol. The molecule has 0 spiro atoms. The van der Waals surface area contributed by atoms with E-state index in [0.29, 0.717) is 0 Å². The van der Waals surface area contributed by atoms with Crippen LogP contribution in [0.4, 0.5) is 0 Å². The Morgan fingerprint density at radius 3 is 1.57 bits per heavy atom. The molecule has 0 aliphatic rings. The third-order valence-corrected chi connectivity index (χ3v) is 9.18. The monoisotopic (exact) mass is 220 g/mol. The van der Waals surface area contributed by atoms with Crippen molar-refractivity contribution in [3.8, 4) is 0 Å². The van der Waals surface area contributed by atoms with Gasteiger partial charge < -0.3 is 15.3 Å². The van der Waals surface area contributed by atoms with E-state index in [-0.39, 0.29) is 5.04 Å². The van der Waals surface area contributed by atoms with Gasteiger partial charge in [0.25, 0.3) is 0 Å². The summed E-state index contributed by atoms with van der Waals surface area (Å²) in [5.41, 5.74) is -0.789. The topological polar surface area (TPSA) is 60.7 Å². The number of aliphatic hydroxyl groups is 3. The molecule has 0 aromatic heterocycles. The van der Waals surface area contributed by atoms with E-state index in [4.69, 9.17) is 0 Å². The van der Waals surface area contributed by atoms with Gasteiger partial charge in [0.15, 0.2) is 0 Å². The number of aliphatic hydroxyl groups excluding tert-OH is 3. The van der Waals surface area contributed by atoms with Gasteiger partial charge in [-0.3, -0.25) is 0 Å². The van der Waals surface area contributed by atoms with Crippen LogP contribution in [0.15, 0.2) is 0 Å². The van der Waals surface area contributed by atoms with E-state index in [1.54, 1.807) is 0 Å². The van der Waals surface area contributed by atoms with Gasteiger partial charge in [-0.1, -0.05) is 33.9 Å². The molecule has 0 bridgehead atoms. The van der Waals surface area contributed by atoms with Crippen molar-refractivity contribution < 1.29 is 15.3 Å². The van der Waals surface area contributed by atoms with Gasteiger partial charge in [-0.2, -0.15) is 0 Å². The summed E-state index contributed by atoms with van der Waals surface area (Å²) in [4.78, 5) is 0. The van der Waals surface area contributed by atoms with Gasteiger partial charge in [-0.25, -0.2) is 0 Å². The van der Waals surface area contributed by atoms with Gasteiger partial charge in [0.2, 0.25) is 0 Å². The maximum atomic E-state index is 10.0. The molecule has 0 radical (unpaired) electrons. The van der Waals surface area contributed by atoms with Crippen molar-refractivity contribution >= 4 is 8.07 Å². The SMILES string of the molecule is C[C@H](O)[C@H](O)[C@H](O)[Si](C)(C)C(C)(C)C. The second-order valence-corrected chi connectivity index (χ2v) is 11.2. The van der Waals surface area contributed by atoms with E-state index in [2.05, 4.69) is 20.8 Å². The van der Waals surface area contributed by atoms with Crippen LogP contribution < -0.4 is 0 Å². The Labute approximate surface area is 87.8 Å². The fraction of sp³-hybridized carbons (Fsp3) is 1.00. The van der Waals surface area contributed by atoms with Crippen molar-refractivity contribution in [3.63, 3.8) is 0 Å². The molecule has 3 N–H and O–H groups in total. The van der Waals surface area contributed by atoms with Gasteiger partial charge in [-0.15, -0.1) is 0 Å². The highest BCUT2D eigenvalue weighted by molar-refractivity contribution is 6.81. The molecule has 3 atom stereocenters. The van der Waals surface area contributed by atoms with Crippen LogP contribution in [0.1, 0.15) is 27.7 Å². The second-order valence-electron chi connectivity index (χ2n) is 5.65. The molecular formula is C10H24O3Si. The lowest BCUT2D eigenvalue weighted by molar-refractivity contribution is -0.0258. The fourth-order valence-electron chi connectivity index (χ4n) is 1.13. The van der Waals surface area contributed by atoms with Crippen molar-refractivity contribution in [2.45, 2.75) is 63.8 Å². The van der Waals surface area contributed by atoms with Gasteiger partial charge in [0.05, 0.1) is 19.9 Å². The smallest absolute Gasteiger partial charge is 0.102 e. The minimum absolute atomic E-state index is 0.00227. The first-order valence-corrected chi connectivity index (χ1v) is 8.13. The molecule has 0 rings (SSSR count). The minimum atomic E-state index is -1.99. The molecule has 0 heterocycles. The molecule has 0 saturated heterocycles. The van der Waals surface area contributed by atoms with E-state index in [0.717, 1.165) is 0 Å². The summed E-state index contributed by atoms with van der Waals surface area (Å²) in [6.07, 6.45) is -1.91. The quantitative estimate of drug-likeness (QED) is 0.625. The lowest BCUT2D eigenvalue weighted by atomic mass is 10.2. The summed E-state index contributed by atoms with van der Waals surface area (Å²) in [6, 6.07) is 0. The van der Waals surface area contributed by atoms with E-state index < -0.39 is 26.0 Å². The maximum absolute atomic E-state index is 10.0. The molecule has 86 valence electrons. The number of hydrogen-bond donors (Lipinski definition) is 3. The first-order chi connectivity index (χ1) is 6.01. The average Bonchev–Trinajstić information content (AvgIpc) is 1.99. The molecule has 14 heavy (non-hydrogen) atoms. The second kappa shape index (κ2) is 4.31. The van der Waals surface area contributed by atoms with E-state index in [9.17, 15) is 15.3 Å². The largest absolute Gasteiger partial charge is 0.394 e. The molecule has 0 aliphatic carbocycles. The molecule has 3 nitrogen and oxygen atoms in total. The summed E-state index contributed by atoms with van der Waals surface area (Å²) in [6.45, 7) is 11.8. The van der Waals surface area contributed by atoms with Crippen molar-refractivity contribution in [2.24, 2.45) is 0 Å². The normalized spacial score (nSPS) is 20.4. The number of rotatable bonds is 3. The van der Waals surface area contributed by atoms with Gasteiger partial charge in [-0.05, 0) is 12.0 Å². The van der Waals surface area contributed by atoms with Crippen LogP contribution in [0.3, 0.4) is 0 Å². The Balaban J connectivity index is 4.75. The lowest BCUT2D eigenvalue weighted by Crippen LogP contribution is -2.57. The summed E-state index contributed by atoms with van der Waals surface area (Å²) >= 11 is 0. The highest BCUT2D eigenvalue weighted by atomic mass is 28.3. The van der Waals surface area contributed by atoms with E-state index in [1.165, 1.54) is 6.92 Å². The third kappa shape index (κ3) is 2.79. The van der Waals surface area contributed by atoms with Crippen LogP contribution in [0.25, 0.3) is 0 Å². The van der Waals surface area contributed by atoms with Gasteiger partial charge >= 0.3 is 0 Å². The maximum Gasteiger partial charge on any atom is 0.102 e. The fourth-order valence-corrected chi connectivity index (χ4v) is 3.15. The zero-order valence-corrected chi connectivity index (χ0v) is 11.1. The molecule has 0 unspecified atom stereocenters. The van der Waals surface area contributed by atoms with Crippen molar-refractivity contribution in [1.29, 1.82) is 0 Å². The molecule has 0 fully saturated rings. The standard InChI is InChI=1S/C10H24O3Si/c1-7(11)8(12)9(13)14(5,6)10(2,3)4/h7-9,11-13H,1-6H3/t7-,8-,9+/m0/s1. The molecule has 0 aromatic rings. The molecular weight excluding hydrogens is 196 g/mol. The van der Waals surface area contributed by atoms with Gasteiger partial charge in [0, 0.05) is 0 Å². The summed E-state index contributed by atoms with van der Waals surface area (Å²) in [5.74, 6) is 0. The van der Waals surface area contributed by atoms with Crippen LogP contribution in [0, 0.1) is 0 Å². The summed E-state index contributed by atoms with van der Waals surface area (Å²) < 4.78 is 0. The van der Waals surface area contributed by atoms with Gasteiger partial charge in [0.1, 0.15) is 6.10 Å². The highest BCUT2D eigenvalue weighted by Gasteiger charge is 2.45. The Morgan fingerprint density at radius 1 is 1.00 bits per heavy atom. The molecule has 0 saturated carbocycles. The zero-order chi connectivity index (χ0) is 11.7. The van der Waals surface area contributed by atoms with Crippen molar-refractivity contribution in [3.05, 3.63) is 0 Å². The Morgan fingerprint density at radius 2 is 1.36 bits per heavy atom. The molecule has 0 aliphatic heterocycles. The summed E-state index contributed by atoms with van der Waals surface area (Å²) in [5, 5.41) is 28.9. The van der Waals surface area contributed by atoms with E-state index in [1.807, 2.05) is 13.1 Å². The van der Waals surface area contributed by atoms with E-state index >= 15 is 0 Å². The van der Waals surface area contributed by atoms with Crippen LogP contribution in [0.2, 0.25) is 18.1 Å². The predicted octanol–water partition coefficient (Wildman–Crippen LogP) is 1.14. The average molecular weight is 220 g/mol. The molecule has 0 aromatic carbocycles. The Bertz CT molecular complexity index is 184. The highest BCUT2D eigenvalue weighted by Crippen LogP contribution is 2.39. The summed E-state index contributed by atoms with van der Waals surface area (Å²) in [7, 11) is -1.99. The number of hydrogen-bond acceptors (Lipinski definition) is 3. The van der Waals surface area contributed by atoms with Crippen molar-refractivity contribution in [1.82, 2.24) is 0 Å². The van der Waals surface area contributed by atoms with Crippen LogP contribution in [-0.4, -0.2) is 41.3 Å². The van der Waals surface area contributed by atoms with Crippen molar-refractivity contribution in [2.75, 3.05) is 0 Å². The third-order valence-electron chi connectivity index (χ3n) is 3.49. The van der Waals surface area contributed by atoms with Crippen LogP contribution in [0.5, 0.6) is 0 Å². The Kier molecular flexibility index (Phi) is 4.34.